The summed E-state index contributed by atoms with van der Waals surface area (Å²) >= 11 is 0. The lowest BCUT2D eigenvalue weighted by atomic mass is 10.2. The molecule has 0 aromatic heterocycles. The van der Waals surface area contributed by atoms with Crippen molar-refractivity contribution in [2.75, 3.05) is 18.8 Å². The van der Waals surface area contributed by atoms with Crippen molar-refractivity contribution < 1.29 is 13.2 Å². The van der Waals surface area contributed by atoms with E-state index in [0.717, 1.165) is 6.42 Å². The average Bonchev–Trinajstić information content (AvgIpc) is 2.42. The van der Waals surface area contributed by atoms with Gasteiger partial charge in [0.05, 0.1) is 23.9 Å². The van der Waals surface area contributed by atoms with Gasteiger partial charge in [-0.1, -0.05) is 6.92 Å². The van der Waals surface area contributed by atoms with Crippen LogP contribution in [0.2, 0.25) is 0 Å². The van der Waals surface area contributed by atoms with Crippen molar-refractivity contribution in [2.45, 2.75) is 18.2 Å². The topological polar surface area (TPSA) is 125 Å². The number of rotatable bonds is 6. The highest BCUT2D eigenvalue weighted by Gasteiger charge is 2.18. The molecule has 8 heteroatoms. The number of hydrogen-bond donors (Lipinski definition) is 3. The number of nitrogens with two attached hydrogens (primary N) is 1. The Balaban J connectivity index is 2.80. The first-order valence-electron chi connectivity index (χ1n) is 5.96. The average molecular weight is 296 g/mol. The molecule has 0 spiro atoms. The third kappa shape index (κ3) is 4.22. The molecule has 0 heterocycles. The molecule has 0 saturated carbocycles. The predicted octanol–water partition coefficient (Wildman–Crippen LogP) is -0.0550. The van der Waals surface area contributed by atoms with E-state index in [1.165, 1.54) is 18.2 Å². The van der Waals surface area contributed by atoms with E-state index in [-0.39, 0.29) is 22.7 Å². The van der Waals surface area contributed by atoms with Crippen LogP contribution in [0, 0.1) is 11.3 Å². The van der Waals surface area contributed by atoms with Gasteiger partial charge in [-0.05, 0) is 24.6 Å². The second-order valence-corrected chi connectivity index (χ2v) is 5.77. The van der Waals surface area contributed by atoms with Crippen LogP contribution in [-0.4, -0.2) is 27.4 Å². The zero-order chi connectivity index (χ0) is 15.2. The number of carbonyl (C=O) groups is 1. The Morgan fingerprint density at radius 3 is 2.70 bits per heavy atom. The van der Waals surface area contributed by atoms with Gasteiger partial charge in [-0.2, -0.15) is 5.26 Å². The highest BCUT2D eigenvalue weighted by Crippen LogP contribution is 2.19. The first-order chi connectivity index (χ1) is 9.40. The van der Waals surface area contributed by atoms with Crippen molar-refractivity contribution in [2.24, 2.45) is 0 Å². The Bertz CT molecular complexity index is 635. The summed E-state index contributed by atoms with van der Waals surface area (Å²) in [5.41, 5.74) is 5.83. The van der Waals surface area contributed by atoms with Gasteiger partial charge in [-0.25, -0.2) is 13.1 Å². The molecule has 108 valence electrons. The second kappa shape index (κ2) is 6.88. The predicted molar refractivity (Wildman–Crippen MR) is 74.1 cm³/mol. The minimum absolute atomic E-state index is 0.0366. The lowest BCUT2D eigenvalue weighted by Gasteiger charge is -2.09. The zero-order valence-corrected chi connectivity index (χ0v) is 11.8. The first-order valence-corrected chi connectivity index (χ1v) is 7.45. The Morgan fingerprint density at radius 2 is 2.15 bits per heavy atom. The van der Waals surface area contributed by atoms with E-state index in [2.05, 4.69) is 10.0 Å². The summed E-state index contributed by atoms with van der Waals surface area (Å²) in [5.74, 6) is -0.414. The molecule has 0 unspecified atom stereocenters. The SMILES string of the molecule is CCCNC(=O)CNS(=O)(=O)c1ccc(C#N)cc1N. The molecule has 1 aromatic carbocycles. The highest BCUT2D eigenvalue weighted by molar-refractivity contribution is 7.89. The number of hydrogen-bond acceptors (Lipinski definition) is 5. The molecule has 4 N–H and O–H groups in total. The van der Waals surface area contributed by atoms with Crippen LogP contribution in [0.3, 0.4) is 0 Å². The summed E-state index contributed by atoms with van der Waals surface area (Å²) in [6.45, 7) is 2.02. The third-order valence-corrected chi connectivity index (χ3v) is 3.90. The molecule has 0 fully saturated rings. The number of carbonyl (C=O) groups excluding carboxylic acids is 1. The molecule has 0 aliphatic rings. The van der Waals surface area contributed by atoms with Gasteiger partial charge in [-0.3, -0.25) is 4.79 Å². The van der Waals surface area contributed by atoms with E-state index in [1.54, 1.807) is 0 Å². The lowest BCUT2D eigenvalue weighted by molar-refractivity contribution is -0.119. The molecule has 0 aliphatic heterocycles. The molecule has 1 aromatic rings. The molecule has 0 aliphatic carbocycles. The molecule has 0 atom stereocenters. The number of nitriles is 1. The van der Waals surface area contributed by atoms with Gasteiger partial charge in [0.1, 0.15) is 4.90 Å². The highest BCUT2D eigenvalue weighted by atomic mass is 32.2. The number of sulfonamides is 1. The number of amides is 1. The standard InChI is InChI=1S/C12H16N4O3S/c1-2-5-15-12(17)8-16-20(18,19)11-4-3-9(7-13)6-10(11)14/h3-4,6,16H,2,5,8,14H2,1H3,(H,15,17). The van der Waals surface area contributed by atoms with Crippen LogP contribution in [0.4, 0.5) is 5.69 Å². The quantitative estimate of drug-likeness (QED) is 0.634. The van der Waals surface area contributed by atoms with Gasteiger partial charge in [0.2, 0.25) is 15.9 Å². The van der Waals surface area contributed by atoms with Crippen molar-refractivity contribution >= 4 is 21.6 Å². The number of anilines is 1. The van der Waals surface area contributed by atoms with Crippen molar-refractivity contribution in [3.63, 3.8) is 0 Å². The van der Waals surface area contributed by atoms with E-state index >= 15 is 0 Å². The fourth-order valence-corrected chi connectivity index (χ4v) is 2.52. The van der Waals surface area contributed by atoms with Crippen LogP contribution >= 0.6 is 0 Å². The van der Waals surface area contributed by atoms with E-state index in [4.69, 9.17) is 11.0 Å². The summed E-state index contributed by atoms with van der Waals surface area (Å²) in [6.07, 6.45) is 0.765. The van der Waals surface area contributed by atoms with Crippen LogP contribution < -0.4 is 15.8 Å². The Kier molecular flexibility index (Phi) is 5.49. The van der Waals surface area contributed by atoms with E-state index < -0.39 is 15.9 Å². The summed E-state index contributed by atoms with van der Waals surface area (Å²) in [4.78, 5) is 11.2. The van der Waals surface area contributed by atoms with Crippen molar-refractivity contribution in [1.29, 1.82) is 5.26 Å². The van der Waals surface area contributed by atoms with Crippen molar-refractivity contribution in [3.8, 4) is 6.07 Å². The molecule has 0 bridgehead atoms. The molecular formula is C12H16N4O3S. The molecule has 1 amide bonds. The van der Waals surface area contributed by atoms with Gasteiger partial charge in [0.25, 0.3) is 0 Å². The van der Waals surface area contributed by atoms with Crippen LogP contribution in [0.25, 0.3) is 0 Å². The second-order valence-electron chi connectivity index (χ2n) is 4.04. The normalized spacial score (nSPS) is 10.8. The fourth-order valence-electron chi connectivity index (χ4n) is 1.43. The molecule has 0 radical (unpaired) electrons. The van der Waals surface area contributed by atoms with Crippen LogP contribution in [-0.2, 0) is 14.8 Å². The monoisotopic (exact) mass is 296 g/mol. The van der Waals surface area contributed by atoms with E-state index in [0.29, 0.717) is 6.54 Å². The maximum Gasteiger partial charge on any atom is 0.243 e. The summed E-state index contributed by atoms with van der Waals surface area (Å²) in [5, 5.41) is 11.2. The molecule has 0 saturated heterocycles. The maximum atomic E-state index is 12.0. The number of nitrogens with zero attached hydrogens (tertiary/aromatic N) is 1. The van der Waals surface area contributed by atoms with Crippen LogP contribution in [0.1, 0.15) is 18.9 Å². The Hall–Kier alpha value is -2.11. The van der Waals surface area contributed by atoms with E-state index in [9.17, 15) is 13.2 Å². The van der Waals surface area contributed by atoms with Crippen LogP contribution in [0.15, 0.2) is 23.1 Å². The molecule has 20 heavy (non-hydrogen) atoms. The number of benzene rings is 1. The molecule has 7 nitrogen and oxygen atoms in total. The fraction of sp³-hybridized carbons (Fsp3) is 0.333. The molecular weight excluding hydrogens is 280 g/mol. The van der Waals surface area contributed by atoms with Crippen molar-refractivity contribution in [1.82, 2.24) is 10.0 Å². The number of nitrogens with one attached hydrogen (secondary N) is 2. The Morgan fingerprint density at radius 1 is 1.45 bits per heavy atom. The van der Waals surface area contributed by atoms with E-state index in [1.807, 2.05) is 13.0 Å². The number of nitrogen functional groups attached to an aromatic ring is 1. The van der Waals surface area contributed by atoms with Crippen molar-refractivity contribution in [3.05, 3.63) is 23.8 Å². The minimum atomic E-state index is -3.88. The zero-order valence-electron chi connectivity index (χ0n) is 11.0. The van der Waals surface area contributed by atoms with Crippen LogP contribution in [0.5, 0.6) is 0 Å². The van der Waals surface area contributed by atoms with Gasteiger partial charge in [0, 0.05) is 6.54 Å². The van der Waals surface area contributed by atoms with Gasteiger partial charge in [-0.15, -0.1) is 0 Å². The summed E-state index contributed by atoms with van der Waals surface area (Å²) in [7, 11) is -3.88. The summed E-state index contributed by atoms with van der Waals surface area (Å²) in [6, 6.07) is 5.72. The lowest BCUT2D eigenvalue weighted by Crippen LogP contribution is -2.37. The van der Waals surface area contributed by atoms with Gasteiger partial charge in [0.15, 0.2) is 0 Å². The summed E-state index contributed by atoms with van der Waals surface area (Å²) < 4.78 is 26.1. The largest absolute Gasteiger partial charge is 0.398 e. The molecule has 1 rings (SSSR count). The first kappa shape index (κ1) is 15.9. The smallest absolute Gasteiger partial charge is 0.243 e. The third-order valence-electron chi connectivity index (χ3n) is 2.42. The Labute approximate surface area is 117 Å². The maximum absolute atomic E-state index is 12.0. The van der Waals surface area contributed by atoms with Gasteiger partial charge < -0.3 is 11.1 Å². The minimum Gasteiger partial charge on any atom is -0.398 e. The van der Waals surface area contributed by atoms with Gasteiger partial charge >= 0.3 is 0 Å².